The normalized spacial score (nSPS) is 13.9. The summed E-state index contributed by atoms with van der Waals surface area (Å²) in [5, 5.41) is 0. The SMILES string of the molecule is CCOC(=O)CCN(CC1CC1)C(=O)/C=C/c1ccc(S(=O)(=O)NCc2ccco2)cc1. The van der Waals surface area contributed by atoms with Crippen molar-refractivity contribution < 1.29 is 27.2 Å². The van der Waals surface area contributed by atoms with E-state index in [-0.39, 0.29) is 29.7 Å². The molecule has 1 N–H and O–H groups in total. The van der Waals surface area contributed by atoms with Crippen LogP contribution in [0.1, 0.15) is 37.5 Å². The molecule has 2 aromatic rings. The fourth-order valence-electron chi connectivity index (χ4n) is 3.06. The number of nitrogens with one attached hydrogen (secondary N) is 1. The van der Waals surface area contributed by atoms with E-state index < -0.39 is 10.0 Å². The Morgan fingerprint density at radius 3 is 2.59 bits per heavy atom. The van der Waals surface area contributed by atoms with Crippen molar-refractivity contribution in [2.45, 2.75) is 37.6 Å². The van der Waals surface area contributed by atoms with Gasteiger partial charge in [-0.05, 0) is 61.6 Å². The maximum absolute atomic E-state index is 12.6. The van der Waals surface area contributed by atoms with Gasteiger partial charge in [0.1, 0.15) is 5.76 Å². The topological polar surface area (TPSA) is 106 Å². The van der Waals surface area contributed by atoms with Crippen LogP contribution in [0.2, 0.25) is 0 Å². The van der Waals surface area contributed by atoms with Gasteiger partial charge in [0.15, 0.2) is 0 Å². The fourth-order valence-corrected chi connectivity index (χ4v) is 4.05. The van der Waals surface area contributed by atoms with Crippen LogP contribution >= 0.6 is 0 Å². The second-order valence-electron chi connectivity index (χ2n) is 7.59. The second-order valence-corrected chi connectivity index (χ2v) is 9.36. The average molecular weight is 461 g/mol. The van der Waals surface area contributed by atoms with Crippen LogP contribution in [-0.2, 0) is 30.9 Å². The van der Waals surface area contributed by atoms with Crippen molar-refractivity contribution in [2.75, 3.05) is 19.7 Å². The number of hydrogen-bond acceptors (Lipinski definition) is 6. The van der Waals surface area contributed by atoms with Crippen LogP contribution < -0.4 is 4.72 Å². The Morgan fingerprint density at radius 2 is 1.97 bits per heavy atom. The zero-order valence-electron chi connectivity index (χ0n) is 18.0. The van der Waals surface area contributed by atoms with Gasteiger partial charge in [-0.3, -0.25) is 9.59 Å². The van der Waals surface area contributed by atoms with Gasteiger partial charge >= 0.3 is 5.97 Å². The molecule has 9 heteroatoms. The number of carbonyl (C=O) groups excluding carboxylic acids is 2. The number of sulfonamides is 1. The van der Waals surface area contributed by atoms with E-state index in [9.17, 15) is 18.0 Å². The summed E-state index contributed by atoms with van der Waals surface area (Å²) in [6, 6.07) is 9.61. The van der Waals surface area contributed by atoms with Gasteiger partial charge in [-0.1, -0.05) is 12.1 Å². The summed E-state index contributed by atoms with van der Waals surface area (Å²) in [6.45, 7) is 3.07. The van der Waals surface area contributed by atoms with Crippen LogP contribution in [0.4, 0.5) is 0 Å². The molecule has 1 heterocycles. The fraction of sp³-hybridized carbons (Fsp3) is 0.391. The Kier molecular flexibility index (Phi) is 8.24. The van der Waals surface area contributed by atoms with Crippen molar-refractivity contribution >= 4 is 28.0 Å². The van der Waals surface area contributed by atoms with Crippen molar-refractivity contribution in [3.63, 3.8) is 0 Å². The van der Waals surface area contributed by atoms with Crippen LogP contribution in [0.5, 0.6) is 0 Å². The first-order chi connectivity index (χ1) is 15.4. The third-order valence-corrected chi connectivity index (χ3v) is 6.42. The molecule has 0 unspecified atom stereocenters. The first-order valence-electron chi connectivity index (χ1n) is 10.6. The quantitative estimate of drug-likeness (QED) is 0.386. The molecule has 0 aliphatic heterocycles. The van der Waals surface area contributed by atoms with E-state index in [4.69, 9.17) is 9.15 Å². The number of benzene rings is 1. The molecular weight excluding hydrogens is 432 g/mol. The first-order valence-corrected chi connectivity index (χ1v) is 12.1. The third kappa shape index (κ3) is 7.35. The van der Waals surface area contributed by atoms with Gasteiger partial charge in [-0.2, -0.15) is 0 Å². The molecule has 1 aromatic heterocycles. The second kappa shape index (κ2) is 11.1. The Bertz CT molecular complexity index is 1020. The van der Waals surface area contributed by atoms with Crippen molar-refractivity contribution in [2.24, 2.45) is 5.92 Å². The smallest absolute Gasteiger partial charge is 0.307 e. The molecule has 172 valence electrons. The molecule has 8 nitrogen and oxygen atoms in total. The highest BCUT2D eigenvalue weighted by atomic mass is 32.2. The minimum atomic E-state index is -3.68. The van der Waals surface area contributed by atoms with Crippen LogP contribution in [0.15, 0.2) is 58.1 Å². The zero-order chi connectivity index (χ0) is 23.0. The molecule has 1 saturated carbocycles. The molecule has 0 spiro atoms. The predicted octanol–water partition coefficient (Wildman–Crippen LogP) is 2.96. The molecular formula is C23H28N2O6S. The highest BCUT2D eigenvalue weighted by Gasteiger charge is 2.26. The lowest BCUT2D eigenvalue weighted by molar-refractivity contribution is -0.143. The largest absolute Gasteiger partial charge is 0.468 e. The summed E-state index contributed by atoms with van der Waals surface area (Å²) in [5.41, 5.74) is 0.695. The number of amides is 1. The molecule has 0 radical (unpaired) electrons. The van der Waals surface area contributed by atoms with Crippen LogP contribution in [0.3, 0.4) is 0 Å². The molecule has 1 fully saturated rings. The monoisotopic (exact) mass is 460 g/mol. The van der Waals surface area contributed by atoms with Crippen molar-refractivity contribution in [3.05, 3.63) is 60.1 Å². The molecule has 1 aromatic carbocycles. The molecule has 0 bridgehead atoms. The number of esters is 1. The lowest BCUT2D eigenvalue weighted by Gasteiger charge is -2.20. The van der Waals surface area contributed by atoms with Gasteiger partial charge < -0.3 is 14.1 Å². The summed E-state index contributed by atoms with van der Waals surface area (Å²) in [4.78, 5) is 26.1. The predicted molar refractivity (Wildman–Crippen MR) is 119 cm³/mol. The number of rotatable bonds is 12. The van der Waals surface area contributed by atoms with Crippen molar-refractivity contribution in [1.29, 1.82) is 0 Å². The Balaban J connectivity index is 1.57. The summed E-state index contributed by atoms with van der Waals surface area (Å²) in [6.07, 6.45) is 6.92. The molecule has 0 saturated heterocycles. The summed E-state index contributed by atoms with van der Waals surface area (Å²) in [7, 11) is -3.68. The number of hydrogen-bond donors (Lipinski definition) is 1. The van der Waals surface area contributed by atoms with Gasteiger partial charge in [-0.25, -0.2) is 13.1 Å². The molecule has 3 rings (SSSR count). The van der Waals surface area contributed by atoms with E-state index >= 15 is 0 Å². The Morgan fingerprint density at radius 1 is 1.22 bits per heavy atom. The third-order valence-electron chi connectivity index (χ3n) is 5.00. The highest BCUT2D eigenvalue weighted by Crippen LogP contribution is 2.30. The van der Waals surface area contributed by atoms with Gasteiger partial charge in [-0.15, -0.1) is 0 Å². The van der Waals surface area contributed by atoms with E-state index in [0.29, 0.717) is 36.9 Å². The average Bonchev–Trinajstić information content (AvgIpc) is 3.44. The maximum Gasteiger partial charge on any atom is 0.307 e. The van der Waals surface area contributed by atoms with E-state index in [0.717, 1.165) is 12.8 Å². The summed E-state index contributed by atoms with van der Waals surface area (Å²) < 4.78 is 37.4. The highest BCUT2D eigenvalue weighted by molar-refractivity contribution is 7.89. The molecule has 32 heavy (non-hydrogen) atoms. The van der Waals surface area contributed by atoms with Gasteiger partial charge in [0, 0.05) is 19.2 Å². The van der Waals surface area contributed by atoms with Crippen LogP contribution in [0.25, 0.3) is 6.08 Å². The van der Waals surface area contributed by atoms with E-state index in [2.05, 4.69) is 4.72 Å². The standard InChI is InChI=1S/C23H28N2O6S/c1-2-30-23(27)13-14-25(17-19-5-6-19)22(26)12-9-18-7-10-21(11-8-18)32(28,29)24-16-20-4-3-15-31-20/h3-4,7-12,15,19,24H,2,5-6,13-14,16-17H2,1H3/b12-9+. The summed E-state index contributed by atoms with van der Waals surface area (Å²) in [5.74, 6) is 0.513. The lowest BCUT2D eigenvalue weighted by atomic mass is 10.2. The van der Waals surface area contributed by atoms with E-state index in [1.165, 1.54) is 24.5 Å². The van der Waals surface area contributed by atoms with Gasteiger partial charge in [0.25, 0.3) is 0 Å². The Labute approximate surface area is 188 Å². The lowest BCUT2D eigenvalue weighted by Crippen LogP contribution is -2.33. The van der Waals surface area contributed by atoms with Crippen LogP contribution in [-0.4, -0.2) is 44.9 Å². The van der Waals surface area contributed by atoms with Gasteiger partial charge in [0.2, 0.25) is 15.9 Å². The molecule has 1 aliphatic carbocycles. The van der Waals surface area contributed by atoms with Crippen LogP contribution in [0, 0.1) is 5.92 Å². The molecule has 1 amide bonds. The van der Waals surface area contributed by atoms with E-state index in [1.54, 1.807) is 42.2 Å². The summed E-state index contributed by atoms with van der Waals surface area (Å²) >= 11 is 0. The molecule has 0 atom stereocenters. The van der Waals surface area contributed by atoms with Gasteiger partial charge in [0.05, 0.1) is 30.7 Å². The number of furan rings is 1. The maximum atomic E-state index is 12.6. The first kappa shape index (κ1) is 23.7. The number of nitrogens with zero attached hydrogens (tertiary/aromatic N) is 1. The van der Waals surface area contributed by atoms with Crippen molar-refractivity contribution in [1.82, 2.24) is 9.62 Å². The number of ether oxygens (including phenoxy) is 1. The number of carbonyl (C=O) groups is 2. The van der Waals surface area contributed by atoms with Crippen molar-refractivity contribution in [3.8, 4) is 0 Å². The zero-order valence-corrected chi connectivity index (χ0v) is 18.8. The molecule has 1 aliphatic rings. The minimum absolute atomic E-state index is 0.0636. The minimum Gasteiger partial charge on any atom is -0.468 e. The van der Waals surface area contributed by atoms with E-state index in [1.807, 2.05) is 0 Å². The Hall–Kier alpha value is -2.91.